The minimum absolute atomic E-state index is 0.0104. The van der Waals surface area contributed by atoms with Crippen LogP contribution in [0.4, 0.5) is 5.69 Å². The highest BCUT2D eigenvalue weighted by atomic mass is 79.9. The van der Waals surface area contributed by atoms with Crippen molar-refractivity contribution in [2.75, 3.05) is 13.2 Å². The van der Waals surface area contributed by atoms with E-state index in [0.29, 0.717) is 23.2 Å². The molecule has 1 heterocycles. The van der Waals surface area contributed by atoms with E-state index in [0.717, 1.165) is 0 Å². The highest BCUT2D eigenvalue weighted by Gasteiger charge is 2.28. The van der Waals surface area contributed by atoms with Crippen molar-refractivity contribution in [2.45, 2.75) is 6.29 Å². The summed E-state index contributed by atoms with van der Waals surface area (Å²) in [6.07, 6.45) is -0.638. The molecule has 1 aliphatic heterocycles. The number of rotatable bonds is 2. The summed E-state index contributed by atoms with van der Waals surface area (Å²) in [4.78, 5) is 10.4. The summed E-state index contributed by atoms with van der Waals surface area (Å²) in [6.45, 7) is 0.923. The van der Waals surface area contributed by atoms with Gasteiger partial charge in [0.15, 0.2) is 6.29 Å². The molecule has 2 rings (SSSR count). The Morgan fingerprint density at radius 2 is 2.07 bits per heavy atom. The average molecular weight is 274 g/mol. The Morgan fingerprint density at radius 3 is 2.67 bits per heavy atom. The normalized spacial score (nSPS) is 16.9. The molecule has 1 aliphatic rings. The summed E-state index contributed by atoms with van der Waals surface area (Å²) in [5.74, 6) is 0. The Hall–Kier alpha value is -0.980. The van der Waals surface area contributed by atoms with Gasteiger partial charge >= 0.3 is 0 Å². The zero-order chi connectivity index (χ0) is 10.8. The fraction of sp³-hybridized carbons (Fsp3) is 0.333. The fourth-order valence-electron chi connectivity index (χ4n) is 1.44. The Labute approximate surface area is 94.3 Å². The Kier molecular flexibility index (Phi) is 2.99. The van der Waals surface area contributed by atoms with Crippen molar-refractivity contribution >= 4 is 21.6 Å². The summed E-state index contributed by atoms with van der Waals surface area (Å²) in [6, 6.07) is 4.78. The predicted molar refractivity (Wildman–Crippen MR) is 55.4 cm³/mol. The van der Waals surface area contributed by atoms with Gasteiger partial charge in [0.05, 0.1) is 23.7 Å². The lowest BCUT2D eigenvalue weighted by molar-refractivity contribution is -0.386. The number of halogens is 1. The molecule has 0 radical (unpaired) electrons. The summed E-state index contributed by atoms with van der Waals surface area (Å²) in [5.41, 5.74) is 0.455. The standard InChI is InChI=1S/C9H8BrNO4/c10-6-2-1-3-7(11(12)13)8(6)9-14-4-5-15-9/h1-3,9H,4-5H2. The third kappa shape index (κ3) is 2.01. The molecule has 0 amide bonds. The third-order valence-corrected chi connectivity index (χ3v) is 2.78. The maximum atomic E-state index is 10.8. The maximum Gasteiger partial charge on any atom is 0.278 e. The quantitative estimate of drug-likeness (QED) is 0.613. The number of nitro benzene ring substituents is 1. The summed E-state index contributed by atoms with van der Waals surface area (Å²) >= 11 is 3.26. The van der Waals surface area contributed by atoms with E-state index in [1.165, 1.54) is 6.07 Å². The first kappa shape index (κ1) is 10.5. The largest absolute Gasteiger partial charge is 0.346 e. The van der Waals surface area contributed by atoms with Crippen LogP contribution in [0.2, 0.25) is 0 Å². The summed E-state index contributed by atoms with van der Waals surface area (Å²) in [5, 5.41) is 10.8. The number of hydrogen-bond acceptors (Lipinski definition) is 4. The first-order valence-electron chi connectivity index (χ1n) is 4.36. The molecule has 6 heteroatoms. The molecule has 0 bridgehead atoms. The van der Waals surface area contributed by atoms with Crippen LogP contribution in [0, 0.1) is 10.1 Å². The van der Waals surface area contributed by atoms with Crippen molar-refractivity contribution < 1.29 is 14.4 Å². The molecular weight excluding hydrogens is 266 g/mol. The van der Waals surface area contributed by atoms with Crippen molar-refractivity contribution in [3.63, 3.8) is 0 Å². The predicted octanol–water partition coefficient (Wildman–Crippen LogP) is 2.40. The molecule has 0 unspecified atom stereocenters. The topological polar surface area (TPSA) is 61.6 Å². The summed E-state index contributed by atoms with van der Waals surface area (Å²) < 4.78 is 11.1. The van der Waals surface area contributed by atoms with Crippen LogP contribution < -0.4 is 0 Å². The van der Waals surface area contributed by atoms with Gasteiger partial charge in [-0.1, -0.05) is 22.0 Å². The van der Waals surface area contributed by atoms with Gasteiger partial charge in [0.2, 0.25) is 0 Å². The molecule has 1 fully saturated rings. The molecule has 1 aromatic carbocycles. The van der Waals surface area contributed by atoms with E-state index in [1.807, 2.05) is 0 Å². The Bertz CT molecular complexity index is 390. The van der Waals surface area contributed by atoms with Gasteiger partial charge < -0.3 is 9.47 Å². The van der Waals surface area contributed by atoms with Crippen LogP contribution in [-0.4, -0.2) is 18.1 Å². The zero-order valence-electron chi connectivity index (χ0n) is 7.68. The second-order valence-corrected chi connectivity index (χ2v) is 3.86. The van der Waals surface area contributed by atoms with Crippen LogP contribution >= 0.6 is 15.9 Å². The molecular formula is C9H8BrNO4. The molecule has 80 valence electrons. The van der Waals surface area contributed by atoms with Gasteiger partial charge in [0, 0.05) is 10.5 Å². The van der Waals surface area contributed by atoms with E-state index >= 15 is 0 Å². The summed E-state index contributed by atoms with van der Waals surface area (Å²) in [7, 11) is 0. The molecule has 1 aromatic rings. The number of nitro groups is 1. The van der Waals surface area contributed by atoms with Gasteiger partial charge in [-0.15, -0.1) is 0 Å². The van der Waals surface area contributed by atoms with E-state index in [9.17, 15) is 10.1 Å². The minimum Gasteiger partial charge on any atom is -0.346 e. The molecule has 0 N–H and O–H groups in total. The molecule has 0 aliphatic carbocycles. The molecule has 0 saturated carbocycles. The zero-order valence-corrected chi connectivity index (χ0v) is 9.27. The number of benzene rings is 1. The van der Waals surface area contributed by atoms with Crippen LogP contribution in [0.15, 0.2) is 22.7 Å². The van der Waals surface area contributed by atoms with E-state index in [4.69, 9.17) is 9.47 Å². The number of nitrogens with zero attached hydrogens (tertiary/aromatic N) is 1. The van der Waals surface area contributed by atoms with E-state index < -0.39 is 11.2 Å². The lowest BCUT2D eigenvalue weighted by Gasteiger charge is -2.11. The van der Waals surface area contributed by atoms with Gasteiger partial charge in [-0.3, -0.25) is 10.1 Å². The van der Waals surface area contributed by atoms with Gasteiger partial charge in [-0.25, -0.2) is 0 Å². The van der Waals surface area contributed by atoms with Crippen LogP contribution in [0.25, 0.3) is 0 Å². The number of ether oxygens (including phenoxy) is 2. The minimum atomic E-state index is -0.638. The highest BCUT2D eigenvalue weighted by molar-refractivity contribution is 9.10. The second-order valence-electron chi connectivity index (χ2n) is 3.00. The molecule has 0 spiro atoms. The van der Waals surface area contributed by atoms with Gasteiger partial charge in [0.1, 0.15) is 0 Å². The van der Waals surface area contributed by atoms with Crippen molar-refractivity contribution in [2.24, 2.45) is 0 Å². The SMILES string of the molecule is O=[N+]([O-])c1cccc(Br)c1C1OCCO1. The Balaban J connectivity index is 2.46. The monoisotopic (exact) mass is 273 g/mol. The molecule has 5 nitrogen and oxygen atoms in total. The van der Waals surface area contributed by atoms with Crippen molar-refractivity contribution in [1.82, 2.24) is 0 Å². The second kappa shape index (κ2) is 4.26. The first-order chi connectivity index (χ1) is 7.20. The number of hydrogen-bond donors (Lipinski definition) is 0. The maximum absolute atomic E-state index is 10.8. The third-order valence-electron chi connectivity index (χ3n) is 2.08. The van der Waals surface area contributed by atoms with Crippen molar-refractivity contribution in [1.29, 1.82) is 0 Å². The molecule has 1 saturated heterocycles. The molecule has 15 heavy (non-hydrogen) atoms. The Morgan fingerprint density at radius 1 is 1.40 bits per heavy atom. The van der Waals surface area contributed by atoms with E-state index in [2.05, 4.69) is 15.9 Å². The molecule has 0 aromatic heterocycles. The van der Waals surface area contributed by atoms with Gasteiger partial charge in [-0.2, -0.15) is 0 Å². The van der Waals surface area contributed by atoms with Crippen LogP contribution in [0.5, 0.6) is 0 Å². The average Bonchev–Trinajstić information content (AvgIpc) is 2.70. The van der Waals surface area contributed by atoms with Crippen LogP contribution in [0.1, 0.15) is 11.9 Å². The lowest BCUT2D eigenvalue weighted by atomic mass is 10.2. The van der Waals surface area contributed by atoms with Crippen LogP contribution in [0.3, 0.4) is 0 Å². The van der Waals surface area contributed by atoms with E-state index in [-0.39, 0.29) is 5.69 Å². The van der Waals surface area contributed by atoms with Crippen molar-refractivity contribution in [3.8, 4) is 0 Å². The van der Waals surface area contributed by atoms with Gasteiger partial charge in [-0.05, 0) is 6.07 Å². The van der Waals surface area contributed by atoms with E-state index in [1.54, 1.807) is 12.1 Å². The molecule has 0 atom stereocenters. The smallest absolute Gasteiger partial charge is 0.278 e. The first-order valence-corrected chi connectivity index (χ1v) is 5.15. The van der Waals surface area contributed by atoms with Crippen LogP contribution in [-0.2, 0) is 9.47 Å². The van der Waals surface area contributed by atoms with Crippen molar-refractivity contribution in [3.05, 3.63) is 38.3 Å². The lowest BCUT2D eigenvalue weighted by Crippen LogP contribution is -2.04. The highest BCUT2D eigenvalue weighted by Crippen LogP contribution is 2.36. The fourth-order valence-corrected chi connectivity index (χ4v) is 1.99. The van der Waals surface area contributed by atoms with Gasteiger partial charge in [0.25, 0.3) is 5.69 Å².